The van der Waals surface area contributed by atoms with Gasteiger partial charge in [0.25, 0.3) is 0 Å². The van der Waals surface area contributed by atoms with E-state index in [2.05, 4.69) is 69.9 Å². The topological polar surface area (TPSA) is 32.8 Å². The van der Waals surface area contributed by atoms with E-state index in [9.17, 15) is 4.79 Å². The Labute approximate surface area is 190 Å². The molecule has 0 spiro atoms. The zero-order valence-electron chi connectivity index (χ0n) is 21.1. The number of piperidine rings is 1. The van der Waals surface area contributed by atoms with Crippen LogP contribution in [0.1, 0.15) is 80.2 Å². The number of rotatable bonds is 6. The number of hydrogen-bond acceptors (Lipinski definition) is 3. The second-order valence-electron chi connectivity index (χ2n) is 11.4. The van der Waals surface area contributed by atoms with Crippen molar-refractivity contribution in [1.29, 1.82) is 0 Å². The van der Waals surface area contributed by atoms with Crippen molar-refractivity contribution < 1.29 is 9.53 Å². The fourth-order valence-corrected chi connectivity index (χ4v) is 3.81. The summed E-state index contributed by atoms with van der Waals surface area (Å²) in [5.74, 6) is 0. The van der Waals surface area contributed by atoms with Crippen LogP contribution >= 0.6 is 0 Å². The molecule has 174 valence electrons. The van der Waals surface area contributed by atoms with E-state index in [1.807, 2.05) is 25.7 Å². The molecule has 4 heteroatoms. The van der Waals surface area contributed by atoms with Gasteiger partial charge < -0.3 is 14.5 Å². The highest BCUT2D eigenvalue weighted by molar-refractivity contribution is 5.68. The summed E-state index contributed by atoms with van der Waals surface area (Å²) >= 11 is 0. The smallest absolute Gasteiger partial charge is 0.410 e. The fraction of sp³-hybridized carbons (Fsp3) is 0.667. The summed E-state index contributed by atoms with van der Waals surface area (Å²) < 4.78 is 5.56. The summed E-state index contributed by atoms with van der Waals surface area (Å²) in [7, 11) is 0. The average molecular weight is 429 g/mol. The predicted octanol–water partition coefficient (Wildman–Crippen LogP) is 6.84. The zero-order chi connectivity index (χ0) is 23.2. The maximum atomic E-state index is 12.4. The Kier molecular flexibility index (Phi) is 8.62. The lowest BCUT2D eigenvalue weighted by atomic mass is 9.88. The van der Waals surface area contributed by atoms with Gasteiger partial charge in [0.05, 0.1) is 0 Å². The van der Waals surface area contributed by atoms with Gasteiger partial charge in [-0.2, -0.15) is 0 Å². The molecule has 0 aliphatic carbocycles. The molecule has 1 amide bonds. The minimum absolute atomic E-state index is 0.190. The lowest BCUT2D eigenvalue weighted by Gasteiger charge is -2.40. The molecule has 0 unspecified atom stereocenters. The van der Waals surface area contributed by atoms with Crippen molar-refractivity contribution in [3.8, 4) is 0 Å². The number of hydrogen-bond donors (Lipinski definition) is 0. The summed E-state index contributed by atoms with van der Waals surface area (Å²) in [4.78, 5) is 16.8. The molecule has 1 heterocycles. The Balaban J connectivity index is 2.06. The Morgan fingerprint density at radius 1 is 1.06 bits per heavy atom. The standard InChI is InChI=1S/C27H44N2O2/c1-21(2)14-20-29(23-11-9-22(10-12-23)13-17-26(3,4)5)24-15-18-28(19-16-24)25(30)31-27(6,7)8/h9-12,14,24H,13,15-20H2,1-8H3. The number of likely N-dealkylation sites (tertiary alicyclic amines) is 1. The fourth-order valence-electron chi connectivity index (χ4n) is 3.81. The number of carbonyl (C=O) groups is 1. The van der Waals surface area contributed by atoms with Crippen LogP contribution in [-0.2, 0) is 11.2 Å². The molecular weight excluding hydrogens is 384 g/mol. The van der Waals surface area contributed by atoms with Crippen LogP contribution in [0.3, 0.4) is 0 Å². The maximum Gasteiger partial charge on any atom is 0.410 e. The largest absolute Gasteiger partial charge is 0.444 e. The lowest BCUT2D eigenvalue weighted by molar-refractivity contribution is 0.0205. The normalized spacial score (nSPS) is 15.5. The molecule has 1 aliphatic heterocycles. The highest BCUT2D eigenvalue weighted by Crippen LogP contribution is 2.27. The summed E-state index contributed by atoms with van der Waals surface area (Å²) in [6.07, 6.45) is 6.34. The van der Waals surface area contributed by atoms with Crippen LogP contribution in [0, 0.1) is 5.41 Å². The first-order chi connectivity index (χ1) is 14.3. The summed E-state index contributed by atoms with van der Waals surface area (Å²) in [6, 6.07) is 9.54. The molecule has 31 heavy (non-hydrogen) atoms. The van der Waals surface area contributed by atoms with Gasteiger partial charge in [0.2, 0.25) is 0 Å². The van der Waals surface area contributed by atoms with E-state index in [4.69, 9.17) is 4.74 Å². The van der Waals surface area contributed by atoms with Crippen LogP contribution in [0.2, 0.25) is 0 Å². The van der Waals surface area contributed by atoms with Gasteiger partial charge in [-0.05, 0) is 83.4 Å². The molecular formula is C27H44N2O2. The monoisotopic (exact) mass is 428 g/mol. The summed E-state index contributed by atoms with van der Waals surface area (Å²) in [5.41, 5.74) is 3.92. The van der Waals surface area contributed by atoms with Crippen LogP contribution in [-0.4, -0.2) is 42.3 Å². The molecule has 4 nitrogen and oxygen atoms in total. The molecule has 1 aliphatic rings. The molecule has 0 saturated carbocycles. The molecule has 0 aromatic heterocycles. The number of amides is 1. The van der Waals surface area contributed by atoms with Crippen molar-refractivity contribution in [3.05, 3.63) is 41.5 Å². The molecule has 2 rings (SSSR count). The first kappa shape index (κ1) is 25.3. The minimum atomic E-state index is -0.446. The maximum absolute atomic E-state index is 12.4. The molecule has 1 saturated heterocycles. The molecule has 0 atom stereocenters. The van der Waals surface area contributed by atoms with E-state index in [1.165, 1.54) is 23.2 Å². The van der Waals surface area contributed by atoms with Crippen LogP contribution in [0.4, 0.5) is 10.5 Å². The third kappa shape index (κ3) is 8.96. The Bertz CT molecular complexity index is 726. The molecule has 0 N–H and O–H groups in total. The van der Waals surface area contributed by atoms with Gasteiger partial charge in [-0.15, -0.1) is 0 Å². The second-order valence-corrected chi connectivity index (χ2v) is 11.4. The number of benzene rings is 1. The number of nitrogens with zero attached hydrogens (tertiary/aromatic N) is 2. The number of carbonyl (C=O) groups excluding carboxylic acids is 1. The SMILES string of the molecule is CC(C)=CCN(c1ccc(CCC(C)(C)C)cc1)C1CCN(C(=O)OC(C)(C)C)CC1. The van der Waals surface area contributed by atoms with Crippen molar-refractivity contribution in [1.82, 2.24) is 4.90 Å². The molecule has 1 aromatic rings. The zero-order valence-corrected chi connectivity index (χ0v) is 21.1. The van der Waals surface area contributed by atoms with E-state index in [1.54, 1.807) is 0 Å². The average Bonchev–Trinajstić information content (AvgIpc) is 2.66. The van der Waals surface area contributed by atoms with Crippen LogP contribution in [0.5, 0.6) is 0 Å². The first-order valence-electron chi connectivity index (χ1n) is 11.8. The Morgan fingerprint density at radius 3 is 2.13 bits per heavy atom. The van der Waals surface area contributed by atoms with Crippen molar-refractivity contribution in [2.24, 2.45) is 5.41 Å². The van der Waals surface area contributed by atoms with Crippen molar-refractivity contribution in [2.75, 3.05) is 24.5 Å². The highest BCUT2D eigenvalue weighted by Gasteiger charge is 2.29. The van der Waals surface area contributed by atoms with Crippen LogP contribution in [0.15, 0.2) is 35.9 Å². The van der Waals surface area contributed by atoms with E-state index >= 15 is 0 Å². The first-order valence-corrected chi connectivity index (χ1v) is 11.8. The summed E-state index contributed by atoms with van der Waals surface area (Å²) in [5, 5.41) is 0. The van der Waals surface area contributed by atoms with Crippen molar-refractivity contribution >= 4 is 11.8 Å². The van der Waals surface area contributed by atoms with Gasteiger partial charge in [-0.1, -0.05) is 44.6 Å². The quantitative estimate of drug-likeness (QED) is 0.465. The Morgan fingerprint density at radius 2 is 1.65 bits per heavy atom. The predicted molar refractivity (Wildman–Crippen MR) is 132 cm³/mol. The van der Waals surface area contributed by atoms with Gasteiger partial charge in [0.1, 0.15) is 5.60 Å². The highest BCUT2D eigenvalue weighted by atomic mass is 16.6. The molecule has 0 bridgehead atoms. The number of allylic oxidation sites excluding steroid dienone is 1. The van der Waals surface area contributed by atoms with Gasteiger partial charge in [0.15, 0.2) is 0 Å². The van der Waals surface area contributed by atoms with Gasteiger partial charge in [-0.25, -0.2) is 4.79 Å². The van der Waals surface area contributed by atoms with Crippen molar-refractivity contribution in [3.63, 3.8) is 0 Å². The third-order valence-corrected chi connectivity index (χ3v) is 5.68. The molecule has 1 aromatic carbocycles. The number of aryl methyl sites for hydroxylation is 1. The van der Waals surface area contributed by atoms with Crippen LogP contribution < -0.4 is 4.90 Å². The summed E-state index contributed by atoms with van der Waals surface area (Å²) in [6.45, 7) is 19.4. The van der Waals surface area contributed by atoms with Gasteiger partial charge in [-0.3, -0.25) is 0 Å². The lowest BCUT2D eigenvalue weighted by Crippen LogP contribution is -2.48. The van der Waals surface area contributed by atoms with E-state index in [0.717, 1.165) is 38.9 Å². The second kappa shape index (κ2) is 10.6. The Hall–Kier alpha value is -1.97. The van der Waals surface area contributed by atoms with Gasteiger partial charge in [0, 0.05) is 31.4 Å². The van der Waals surface area contributed by atoms with Gasteiger partial charge >= 0.3 is 6.09 Å². The van der Waals surface area contributed by atoms with Crippen LogP contribution in [0.25, 0.3) is 0 Å². The van der Waals surface area contributed by atoms with E-state index < -0.39 is 5.60 Å². The van der Waals surface area contributed by atoms with E-state index in [0.29, 0.717) is 11.5 Å². The van der Waals surface area contributed by atoms with E-state index in [-0.39, 0.29) is 6.09 Å². The van der Waals surface area contributed by atoms with Crippen molar-refractivity contribution in [2.45, 2.75) is 92.7 Å². The number of anilines is 1. The minimum Gasteiger partial charge on any atom is -0.444 e. The number of ether oxygens (including phenoxy) is 1. The third-order valence-electron chi connectivity index (χ3n) is 5.68. The molecule has 1 fully saturated rings. The molecule has 0 radical (unpaired) electrons.